The van der Waals surface area contributed by atoms with Gasteiger partial charge in [-0.3, -0.25) is 9.59 Å². The Balaban J connectivity index is 3.32. The predicted octanol–water partition coefficient (Wildman–Crippen LogP) is 5.83. The lowest BCUT2D eigenvalue weighted by Gasteiger charge is -2.13. The van der Waals surface area contributed by atoms with E-state index in [4.69, 9.17) is 23.2 Å². The second-order valence-corrected chi connectivity index (χ2v) is 6.38. The first kappa shape index (κ1) is 19.9. The maximum Gasteiger partial charge on any atom is 0.221 e. The van der Waals surface area contributed by atoms with Crippen LogP contribution in [-0.4, -0.2) is 10.5 Å². The standard InChI is InChI=1S/C16H28Cl2O2/c1-2-14(12-13-16(18)20)10-8-6-4-3-5-7-9-11-15(17)19/h14H,2-13H2,1H3. The van der Waals surface area contributed by atoms with E-state index in [2.05, 4.69) is 6.92 Å². The van der Waals surface area contributed by atoms with Gasteiger partial charge in [0, 0.05) is 12.8 Å². The number of carbonyl (C=O) groups is 2. The Morgan fingerprint density at radius 1 is 0.750 bits per heavy atom. The quantitative estimate of drug-likeness (QED) is 0.297. The van der Waals surface area contributed by atoms with Crippen LogP contribution >= 0.6 is 23.2 Å². The molecule has 0 aromatic carbocycles. The second kappa shape index (κ2) is 13.9. The maximum atomic E-state index is 10.7. The van der Waals surface area contributed by atoms with E-state index in [1.165, 1.54) is 38.5 Å². The van der Waals surface area contributed by atoms with Crippen LogP contribution < -0.4 is 0 Å². The molecule has 0 rings (SSSR count). The van der Waals surface area contributed by atoms with E-state index in [1.807, 2.05) is 0 Å². The monoisotopic (exact) mass is 322 g/mol. The molecule has 20 heavy (non-hydrogen) atoms. The van der Waals surface area contributed by atoms with Crippen molar-refractivity contribution in [2.75, 3.05) is 0 Å². The zero-order valence-electron chi connectivity index (χ0n) is 12.6. The van der Waals surface area contributed by atoms with Crippen molar-refractivity contribution in [2.45, 2.75) is 84.0 Å². The molecule has 4 heteroatoms. The molecule has 0 spiro atoms. The summed E-state index contributed by atoms with van der Waals surface area (Å²) in [5.74, 6) is 0.646. The number of rotatable bonds is 14. The molecule has 0 saturated carbocycles. The number of hydrogen-bond acceptors (Lipinski definition) is 2. The van der Waals surface area contributed by atoms with Gasteiger partial charge in [0.05, 0.1) is 0 Å². The molecule has 0 N–H and O–H groups in total. The van der Waals surface area contributed by atoms with E-state index < -0.39 is 0 Å². The van der Waals surface area contributed by atoms with Crippen LogP contribution in [0.4, 0.5) is 0 Å². The van der Waals surface area contributed by atoms with E-state index in [9.17, 15) is 9.59 Å². The Hall–Kier alpha value is -0.0800. The summed E-state index contributed by atoms with van der Waals surface area (Å²) in [5, 5.41) is -0.426. The summed E-state index contributed by atoms with van der Waals surface area (Å²) in [5.41, 5.74) is 0. The van der Waals surface area contributed by atoms with Crippen molar-refractivity contribution in [1.82, 2.24) is 0 Å². The average Bonchev–Trinajstić information content (AvgIpc) is 2.39. The van der Waals surface area contributed by atoms with Crippen molar-refractivity contribution in [3.8, 4) is 0 Å². The fourth-order valence-corrected chi connectivity index (χ4v) is 2.69. The molecule has 0 aromatic rings. The lowest BCUT2D eigenvalue weighted by Crippen LogP contribution is -2.01. The molecule has 0 aliphatic heterocycles. The van der Waals surface area contributed by atoms with E-state index in [0.717, 1.165) is 25.7 Å². The molecule has 1 atom stereocenters. The van der Waals surface area contributed by atoms with Gasteiger partial charge in [0.25, 0.3) is 0 Å². The molecule has 118 valence electrons. The number of hydrogen-bond donors (Lipinski definition) is 0. The normalized spacial score (nSPS) is 12.3. The van der Waals surface area contributed by atoms with E-state index >= 15 is 0 Å². The first-order chi connectivity index (χ1) is 9.56. The molecular formula is C16H28Cl2O2. The molecule has 0 bridgehead atoms. The SMILES string of the molecule is CCC(CCCCCCCCCC(=O)Cl)CCC(=O)Cl. The van der Waals surface area contributed by atoms with Crippen molar-refractivity contribution in [2.24, 2.45) is 5.92 Å². The van der Waals surface area contributed by atoms with Gasteiger partial charge in [-0.1, -0.05) is 58.3 Å². The summed E-state index contributed by atoms with van der Waals surface area (Å²) in [4.78, 5) is 21.3. The Morgan fingerprint density at radius 3 is 1.75 bits per heavy atom. The summed E-state index contributed by atoms with van der Waals surface area (Å²) in [6.45, 7) is 2.18. The smallest absolute Gasteiger partial charge is 0.221 e. The summed E-state index contributed by atoms with van der Waals surface area (Å²) >= 11 is 10.7. The highest BCUT2D eigenvalue weighted by Gasteiger charge is 2.08. The van der Waals surface area contributed by atoms with Gasteiger partial charge in [0.1, 0.15) is 0 Å². The molecule has 1 unspecified atom stereocenters. The van der Waals surface area contributed by atoms with Crippen LogP contribution in [0.3, 0.4) is 0 Å². The van der Waals surface area contributed by atoms with Crippen LogP contribution in [-0.2, 0) is 9.59 Å². The molecule has 0 fully saturated rings. The van der Waals surface area contributed by atoms with Crippen molar-refractivity contribution >= 4 is 33.7 Å². The topological polar surface area (TPSA) is 34.1 Å². The molecule has 0 aliphatic rings. The van der Waals surface area contributed by atoms with Gasteiger partial charge >= 0.3 is 0 Å². The molecular weight excluding hydrogens is 295 g/mol. The highest BCUT2D eigenvalue weighted by Crippen LogP contribution is 2.20. The van der Waals surface area contributed by atoms with Gasteiger partial charge in [-0.15, -0.1) is 0 Å². The Bertz CT molecular complexity index is 267. The second-order valence-electron chi connectivity index (χ2n) is 5.54. The van der Waals surface area contributed by atoms with Gasteiger partial charge in [-0.2, -0.15) is 0 Å². The summed E-state index contributed by atoms with van der Waals surface area (Å²) in [6.07, 6.45) is 12.5. The fourth-order valence-electron chi connectivity index (χ4n) is 2.45. The van der Waals surface area contributed by atoms with Crippen molar-refractivity contribution in [1.29, 1.82) is 0 Å². The Kier molecular flexibility index (Phi) is 13.8. The van der Waals surface area contributed by atoms with Crippen molar-refractivity contribution in [3.05, 3.63) is 0 Å². The highest BCUT2D eigenvalue weighted by atomic mass is 35.5. The molecule has 0 aliphatic carbocycles. The largest absolute Gasteiger partial charge is 0.281 e. The van der Waals surface area contributed by atoms with Crippen molar-refractivity contribution in [3.63, 3.8) is 0 Å². The van der Waals surface area contributed by atoms with E-state index in [1.54, 1.807) is 0 Å². The van der Waals surface area contributed by atoms with Crippen LogP contribution in [0.15, 0.2) is 0 Å². The van der Waals surface area contributed by atoms with Gasteiger partial charge in [-0.25, -0.2) is 0 Å². The average molecular weight is 323 g/mol. The Morgan fingerprint density at radius 2 is 1.25 bits per heavy atom. The van der Waals surface area contributed by atoms with Crippen LogP contribution in [0.2, 0.25) is 0 Å². The molecule has 0 radical (unpaired) electrons. The molecule has 0 aromatic heterocycles. The maximum absolute atomic E-state index is 10.7. The first-order valence-electron chi connectivity index (χ1n) is 7.93. The number of unbranched alkanes of at least 4 members (excludes halogenated alkanes) is 6. The van der Waals surface area contributed by atoms with Crippen molar-refractivity contribution < 1.29 is 9.59 Å². The Labute approximate surface area is 133 Å². The van der Waals surface area contributed by atoms with Gasteiger partial charge in [0.2, 0.25) is 10.5 Å². The molecule has 2 nitrogen and oxygen atoms in total. The summed E-state index contributed by atoms with van der Waals surface area (Å²) < 4.78 is 0. The van der Waals surface area contributed by atoms with Gasteiger partial charge in [0.15, 0.2) is 0 Å². The zero-order valence-corrected chi connectivity index (χ0v) is 14.1. The third kappa shape index (κ3) is 14.3. The van der Waals surface area contributed by atoms with Crippen LogP contribution in [0.25, 0.3) is 0 Å². The first-order valence-corrected chi connectivity index (χ1v) is 8.68. The minimum absolute atomic E-state index is 0.209. The van der Waals surface area contributed by atoms with Crippen LogP contribution in [0.5, 0.6) is 0 Å². The third-order valence-corrected chi connectivity index (χ3v) is 4.19. The van der Waals surface area contributed by atoms with Gasteiger partial charge in [-0.05, 0) is 42.0 Å². The molecule has 0 amide bonds. The zero-order chi connectivity index (χ0) is 15.2. The molecule has 0 heterocycles. The minimum atomic E-state index is -0.217. The van der Waals surface area contributed by atoms with E-state index in [0.29, 0.717) is 18.8 Å². The fraction of sp³-hybridized carbons (Fsp3) is 0.875. The molecule has 0 saturated heterocycles. The number of halogens is 2. The predicted molar refractivity (Wildman–Crippen MR) is 86.3 cm³/mol. The third-order valence-electron chi connectivity index (χ3n) is 3.81. The van der Waals surface area contributed by atoms with E-state index in [-0.39, 0.29) is 10.5 Å². The lowest BCUT2D eigenvalue weighted by atomic mass is 9.93. The number of carbonyl (C=O) groups excluding carboxylic acids is 2. The van der Waals surface area contributed by atoms with Gasteiger partial charge < -0.3 is 0 Å². The lowest BCUT2D eigenvalue weighted by molar-refractivity contribution is -0.112. The highest BCUT2D eigenvalue weighted by molar-refractivity contribution is 6.63. The van der Waals surface area contributed by atoms with Crippen LogP contribution in [0, 0.1) is 5.92 Å². The van der Waals surface area contributed by atoms with Crippen LogP contribution in [0.1, 0.15) is 84.0 Å². The minimum Gasteiger partial charge on any atom is -0.281 e. The summed E-state index contributed by atoms with van der Waals surface area (Å²) in [7, 11) is 0. The summed E-state index contributed by atoms with van der Waals surface area (Å²) in [6, 6.07) is 0.